The first-order chi connectivity index (χ1) is 6.47. The van der Waals surface area contributed by atoms with Gasteiger partial charge in [0.1, 0.15) is 7.85 Å². The van der Waals surface area contributed by atoms with Crippen LogP contribution in [0.25, 0.3) is 0 Å². The molecule has 0 saturated heterocycles. The van der Waals surface area contributed by atoms with E-state index in [1.165, 1.54) is 16.7 Å². The molecule has 0 amide bonds. The SMILES string of the molecule is BCc1cc(CC)cc(C(C)(C)C)c1. The predicted molar refractivity (Wildman–Crippen MR) is 66.8 cm³/mol. The summed E-state index contributed by atoms with van der Waals surface area (Å²) in [4.78, 5) is 0. The van der Waals surface area contributed by atoms with E-state index in [0.29, 0.717) is 0 Å². The highest BCUT2D eigenvalue weighted by Crippen LogP contribution is 2.24. The molecule has 1 rings (SSSR count). The highest BCUT2D eigenvalue weighted by atomic mass is 14.2. The van der Waals surface area contributed by atoms with Crippen molar-refractivity contribution in [2.45, 2.75) is 45.9 Å². The Bertz CT molecular complexity index is 285. The molecule has 0 aliphatic rings. The third kappa shape index (κ3) is 2.63. The molecule has 14 heavy (non-hydrogen) atoms. The Morgan fingerprint density at radius 1 is 1.07 bits per heavy atom. The summed E-state index contributed by atoms with van der Waals surface area (Å²) in [7, 11) is 2.22. The molecule has 0 nitrogen and oxygen atoms in total. The summed E-state index contributed by atoms with van der Waals surface area (Å²) in [6, 6.07) is 7.02. The second-order valence-corrected chi connectivity index (χ2v) is 5.00. The van der Waals surface area contributed by atoms with Crippen LogP contribution in [0.1, 0.15) is 44.4 Å². The molecule has 0 atom stereocenters. The Hall–Kier alpha value is -0.715. The number of hydrogen-bond acceptors (Lipinski definition) is 0. The van der Waals surface area contributed by atoms with E-state index in [9.17, 15) is 0 Å². The van der Waals surface area contributed by atoms with Crippen molar-refractivity contribution in [3.8, 4) is 0 Å². The quantitative estimate of drug-likeness (QED) is 0.626. The molecule has 0 unspecified atom stereocenters. The summed E-state index contributed by atoms with van der Waals surface area (Å²) in [5, 5.41) is 0. The molecule has 0 spiro atoms. The maximum atomic E-state index is 2.35. The van der Waals surface area contributed by atoms with Crippen molar-refractivity contribution in [3.05, 3.63) is 34.9 Å². The van der Waals surface area contributed by atoms with Crippen LogP contribution in [0.3, 0.4) is 0 Å². The van der Waals surface area contributed by atoms with Crippen LogP contribution in [0.15, 0.2) is 18.2 Å². The Labute approximate surface area is 89.1 Å². The first kappa shape index (κ1) is 11.4. The molecule has 76 valence electrons. The van der Waals surface area contributed by atoms with E-state index >= 15 is 0 Å². The van der Waals surface area contributed by atoms with Crippen LogP contribution in [0.5, 0.6) is 0 Å². The van der Waals surface area contributed by atoms with Gasteiger partial charge in [-0.3, -0.25) is 0 Å². The van der Waals surface area contributed by atoms with Gasteiger partial charge in [0.2, 0.25) is 0 Å². The van der Waals surface area contributed by atoms with Crippen LogP contribution >= 0.6 is 0 Å². The van der Waals surface area contributed by atoms with Crippen LogP contribution in [-0.2, 0) is 18.2 Å². The largest absolute Gasteiger partial charge is 0.107 e. The van der Waals surface area contributed by atoms with Crippen molar-refractivity contribution < 1.29 is 0 Å². The van der Waals surface area contributed by atoms with Gasteiger partial charge in [0.25, 0.3) is 0 Å². The Morgan fingerprint density at radius 2 is 1.64 bits per heavy atom. The summed E-state index contributed by atoms with van der Waals surface area (Å²) < 4.78 is 0. The molecule has 0 aliphatic carbocycles. The minimum absolute atomic E-state index is 0.273. The van der Waals surface area contributed by atoms with E-state index in [1.807, 2.05) is 0 Å². The van der Waals surface area contributed by atoms with Gasteiger partial charge in [0.05, 0.1) is 0 Å². The highest BCUT2D eigenvalue weighted by Gasteiger charge is 2.14. The zero-order valence-electron chi connectivity index (χ0n) is 10.1. The van der Waals surface area contributed by atoms with Gasteiger partial charge in [-0.1, -0.05) is 57.8 Å². The van der Waals surface area contributed by atoms with Crippen molar-refractivity contribution in [2.24, 2.45) is 0 Å². The summed E-state index contributed by atoms with van der Waals surface area (Å²) in [5.74, 6) is 0. The van der Waals surface area contributed by atoms with Gasteiger partial charge in [-0.05, 0) is 23.0 Å². The zero-order chi connectivity index (χ0) is 10.8. The minimum atomic E-state index is 0.273. The monoisotopic (exact) mass is 188 g/mol. The molecule has 1 heteroatoms. The topological polar surface area (TPSA) is 0 Å². The maximum Gasteiger partial charge on any atom is 0.107 e. The lowest BCUT2D eigenvalue weighted by Crippen LogP contribution is -2.12. The molecule has 0 saturated carbocycles. The van der Waals surface area contributed by atoms with Gasteiger partial charge in [-0.15, -0.1) is 0 Å². The predicted octanol–water partition coefficient (Wildman–Crippen LogP) is 2.68. The van der Waals surface area contributed by atoms with Crippen LogP contribution in [0, 0.1) is 0 Å². The lowest BCUT2D eigenvalue weighted by molar-refractivity contribution is 0.588. The average Bonchev–Trinajstić information content (AvgIpc) is 2.15. The zero-order valence-corrected chi connectivity index (χ0v) is 10.1. The summed E-state index contributed by atoms with van der Waals surface area (Å²) in [5.41, 5.74) is 4.67. The van der Waals surface area contributed by atoms with E-state index in [2.05, 4.69) is 53.7 Å². The van der Waals surface area contributed by atoms with Crippen LogP contribution < -0.4 is 0 Å². The fourth-order valence-corrected chi connectivity index (χ4v) is 1.60. The van der Waals surface area contributed by atoms with Gasteiger partial charge in [0.15, 0.2) is 0 Å². The third-order valence-electron chi connectivity index (χ3n) is 2.74. The molecule has 0 aromatic heterocycles. The normalized spacial score (nSPS) is 11.7. The summed E-state index contributed by atoms with van der Waals surface area (Å²) in [6.07, 6.45) is 2.27. The fraction of sp³-hybridized carbons (Fsp3) is 0.538. The molecule has 0 heterocycles. The van der Waals surface area contributed by atoms with Gasteiger partial charge >= 0.3 is 0 Å². The molecule has 1 aromatic carbocycles. The van der Waals surface area contributed by atoms with E-state index in [0.717, 1.165) is 12.7 Å². The van der Waals surface area contributed by atoms with E-state index < -0.39 is 0 Å². The molecular weight excluding hydrogens is 167 g/mol. The van der Waals surface area contributed by atoms with Crippen molar-refractivity contribution in [2.75, 3.05) is 0 Å². The van der Waals surface area contributed by atoms with Crippen molar-refractivity contribution >= 4 is 7.85 Å². The van der Waals surface area contributed by atoms with Gasteiger partial charge in [-0.2, -0.15) is 0 Å². The Balaban J connectivity index is 3.17. The number of benzene rings is 1. The Kier molecular flexibility index (Phi) is 3.41. The van der Waals surface area contributed by atoms with Crippen LogP contribution in [0.4, 0.5) is 0 Å². The Morgan fingerprint density at radius 3 is 2.07 bits per heavy atom. The average molecular weight is 188 g/mol. The molecule has 0 fully saturated rings. The second-order valence-electron chi connectivity index (χ2n) is 5.00. The first-order valence-corrected chi connectivity index (χ1v) is 5.60. The lowest BCUT2D eigenvalue weighted by Gasteiger charge is -2.21. The molecule has 0 aliphatic heterocycles. The van der Waals surface area contributed by atoms with Crippen LogP contribution in [-0.4, -0.2) is 7.85 Å². The number of rotatable bonds is 2. The van der Waals surface area contributed by atoms with E-state index in [1.54, 1.807) is 0 Å². The molecule has 0 N–H and O–H groups in total. The third-order valence-corrected chi connectivity index (χ3v) is 2.74. The minimum Gasteiger partial charge on any atom is -0.0613 e. The molecule has 1 aromatic rings. The van der Waals surface area contributed by atoms with E-state index in [-0.39, 0.29) is 5.41 Å². The lowest BCUT2D eigenvalue weighted by atomic mass is 9.83. The highest BCUT2D eigenvalue weighted by molar-refractivity contribution is 6.08. The van der Waals surface area contributed by atoms with Crippen molar-refractivity contribution in [3.63, 3.8) is 0 Å². The smallest absolute Gasteiger partial charge is 0.0613 e. The summed E-state index contributed by atoms with van der Waals surface area (Å²) in [6.45, 7) is 9.06. The fourth-order valence-electron chi connectivity index (χ4n) is 1.60. The van der Waals surface area contributed by atoms with Crippen molar-refractivity contribution in [1.82, 2.24) is 0 Å². The maximum absolute atomic E-state index is 2.35. The van der Waals surface area contributed by atoms with Gasteiger partial charge in [-0.25, -0.2) is 0 Å². The second kappa shape index (κ2) is 4.21. The summed E-state index contributed by atoms with van der Waals surface area (Å²) >= 11 is 0. The standard InChI is InChI=1S/C13H21B/c1-5-10-6-11(9-14)8-12(7-10)13(2,3)4/h6-8H,5,9,14H2,1-4H3. The van der Waals surface area contributed by atoms with Crippen molar-refractivity contribution in [1.29, 1.82) is 0 Å². The number of aryl methyl sites for hydroxylation is 1. The first-order valence-electron chi connectivity index (χ1n) is 5.60. The van der Waals surface area contributed by atoms with E-state index in [4.69, 9.17) is 0 Å². The molecular formula is C13H21B. The molecule has 0 radical (unpaired) electrons. The van der Waals surface area contributed by atoms with Crippen LogP contribution in [0.2, 0.25) is 0 Å². The number of hydrogen-bond donors (Lipinski definition) is 0. The van der Waals surface area contributed by atoms with Gasteiger partial charge < -0.3 is 0 Å². The van der Waals surface area contributed by atoms with Gasteiger partial charge in [0, 0.05) is 0 Å². The molecule has 0 bridgehead atoms.